The number of amides is 2. The zero-order valence-electron chi connectivity index (χ0n) is 16.5. The molecule has 2 aliphatic rings. The molecule has 0 saturated carbocycles. The predicted molar refractivity (Wildman–Crippen MR) is 108 cm³/mol. The Morgan fingerprint density at radius 3 is 2.67 bits per heavy atom. The van der Waals surface area contributed by atoms with Crippen LogP contribution in [-0.2, 0) is 16.4 Å². The number of rotatable bonds is 5. The quantitative estimate of drug-likeness (QED) is 0.643. The molecule has 0 spiro atoms. The Kier molecular flexibility index (Phi) is 5.08. The van der Waals surface area contributed by atoms with E-state index in [1.807, 2.05) is 13.1 Å². The molecule has 0 fully saturated rings. The fourth-order valence-corrected chi connectivity index (χ4v) is 4.57. The van der Waals surface area contributed by atoms with Crippen LogP contribution in [0, 0.1) is 0 Å². The highest BCUT2D eigenvalue weighted by Gasteiger charge is 2.34. The van der Waals surface area contributed by atoms with Gasteiger partial charge in [-0.1, -0.05) is 0 Å². The van der Waals surface area contributed by atoms with Gasteiger partial charge in [0.15, 0.2) is 11.5 Å². The lowest BCUT2D eigenvalue weighted by Gasteiger charge is -2.36. The van der Waals surface area contributed by atoms with Crippen LogP contribution in [0.1, 0.15) is 17.3 Å². The number of nitrogens with one attached hydrogen (secondary N) is 2. The largest absolute Gasteiger partial charge is 0.492 e. The molecule has 0 aromatic heterocycles. The van der Waals surface area contributed by atoms with E-state index < -0.39 is 16.1 Å². The van der Waals surface area contributed by atoms with Gasteiger partial charge in [0.05, 0.1) is 12.0 Å². The van der Waals surface area contributed by atoms with Crippen LogP contribution in [0.15, 0.2) is 35.2 Å². The lowest BCUT2D eigenvalue weighted by Crippen LogP contribution is -2.37. The molecule has 0 bridgehead atoms. The zero-order valence-corrected chi connectivity index (χ0v) is 17.3. The monoisotopic (exact) mass is 434 g/mol. The van der Waals surface area contributed by atoms with Crippen LogP contribution in [0.2, 0.25) is 0 Å². The number of methoxy groups -OCH3 is 1. The lowest BCUT2D eigenvalue weighted by molar-refractivity contribution is 0.170. The summed E-state index contributed by atoms with van der Waals surface area (Å²) in [6.45, 7) is 0.959. The smallest absolute Gasteiger partial charge is 0.326 e. The first kappa shape index (κ1) is 20.1. The zero-order chi connectivity index (χ0) is 21.5. The lowest BCUT2D eigenvalue weighted by atomic mass is 9.94. The van der Waals surface area contributed by atoms with Crippen molar-refractivity contribution < 1.29 is 27.4 Å². The van der Waals surface area contributed by atoms with Crippen molar-refractivity contribution in [3.63, 3.8) is 0 Å². The maximum Gasteiger partial charge on any atom is 0.326 e. The summed E-state index contributed by atoms with van der Waals surface area (Å²) in [6.07, 6.45) is 0.594. The molecule has 11 heteroatoms. The van der Waals surface area contributed by atoms with Crippen LogP contribution in [-0.4, -0.2) is 46.8 Å². The van der Waals surface area contributed by atoms with Gasteiger partial charge in [0, 0.05) is 17.8 Å². The molecule has 4 N–H and O–H groups in total. The van der Waals surface area contributed by atoms with Gasteiger partial charge in [-0.3, -0.25) is 4.90 Å². The van der Waals surface area contributed by atoms with E-state index in [1.54, 1.807) is 24.0 Å². The van der Waals surface area contributed by atoms with Gasteiger partial charge in [-0.25, -0.2) is 17.9 Å². The molecule has 0 saturated heterocycles. The number of nitrogens with zero attached hydrogens (tertiary/aromatic N) is 1. The third-order valence-corrected chi connectivity index (χ3v) is 6.46. The summed E-state index contributed by atoms with van der Waals surface area (Å²) >= 11 is 0. The van der Waals surface area contributed by atoms with Crippen LogP contribution in [0.3, 0.4) is 0 Å². The average Bonchev–Trinajstić information content (AvgIpc) is 3.16. The molecular weight excluding hydrogens is 412 g/mol. The van der Waals surface area contributed by atoms with Crippen molar-refractivity contribution in [3.05, 3.63) is 41.5 Å². The molecule has 2 amide bonds. The van der Waals surface area contributed by atoms with E-state index in [1.165, 1.54) is 12.1 Å². The van der Waals surface area contributed by atoms with Crippen molar-refractivity contribution in [2.45, 2.75) is 17.5 Å². The molecule has 1 atom stereocenters. The van der Waals surface area contributed by atoms with Gasteiger partial charge in [-0.2, -0.15) is 0 Å². The average molecular weight is 434 g/mol. The number of hydrogen-bond acceptors (Lipinski definition) is 8. The van der Waals surface area contributed by atoms with E-state index in [0.29, 0.717) is 22.9 Å². The van der Waals surface area contributed by atoms with Gasteiger partial charge in [-0.05, 0) is 49.4 Å². The normalized spacial score (nSPS) is 17.9. The van der Waals surface area contributed by atoms with E-state index in [-0.39, 0.29) is 17.9 Å². The second-order valence-corrected chi connectivity index (χ2v) is 8.67. The summed E-state index contributed by atoms with van der Waals surface area (Å²) in [5, 5.41) is 3.41. The van der Waals surface area contributed by atoms with Gasteiger partial charge < -0.3 is 25.3 Å². The maximum absolute atomic E-state index is 12.1. The van der Waals surface area contributed by atoms with E-state index in [0.717, 1.165) is 24.1 Å². The number of sulfonamides is 1. The standard InChI is InChI=1S/C19H22N4O6S/c1-23-8-7-11-9-14-16(29-10-28-14)17(27-2)15(11)18(23)21-12-3-5-13(6-4-12)30(25,26)22-19(20)24/h3-6,9,18,21H,7-8,10H2,1-2H3,(H3,20,22,24). The number of likely N-dealkylation sites (N-methyl/N-ethyl adjacent to an activating group) is 1. The number of ether oxygens (including phenoxy) is 3. The highest BCUT2D eigenvalue weighted by atomic mass is 32.2. The molecule has 2 aromatic carbocycles. The van der Waals surface area contributed by atoms with Gasteiger partial charge in [-0.15, -0.1) is 0 Å². The van der Waals surface area contributed by atoms with E-state index >= 15 is 0 Å². The van der Waals surface area contributed by atoms with E-state index in [2.05, 4.69) is 10.2 Å². The molecule has 2 aromatic rings. The molecule has 2 heterocycles. The Morgan fingerprint density at radius 2 is 2.00 bits per heavy atom. The second kappa shape index (κ2) is 7.58. The number of fused-ring (bicyclic) bond motifs is 2. The van der Waals surface area contributed by atoms with Crippen LogP contribution < -0.4 is 30.0 Å². The number of benzene rings is 2. The van der Waals surface area contributed by atoms with Crippen LogP contribution in [0.25, 0.3) is 0 Å². The summed E-state index contributed by atoms with van der Waals surface area (Å²) in [7, 11) is -0.421. The SMILES string of the molecule is COc1c2c(cc3c1C(Nc1ccc(S(=O)(=O)NC(N)=O)cc1)N(C)CC3)OCO2. The van der Waals surface area contributed by atoms with Gasteiger partial charge in [0.1, 0.15) is 6.17 Å². The fraction of sp³-hybridized carbons (Fsp3) is 0.316. The summed E-state index contributed by atoms with van der Waals surface area (Å²) < 4.78 is 42.7. The number of carbonyl (C=O) groups excluding carboxylic acids is 1. The first-order valence-corrected chi connectivity index (χ1v) is 10.7. The Hall–Kier alpha value is -3.18. The molecule has 1 unspecified atom stereocenters. The third-order valence-electron chi connectivity index (χ3n) is 5.10. The number of hydrogen-bond donors (Lipinski definition) is 3. The predicted octanol–water partition coefficient (Wildman–Crippen LogP) is 1.38. The summed E-state index contributed by atoms with van der Waals surface area (Å²) in [5.41, 5.74) is 7.65. The fourth-order valence-electron chi connectivity index (χ4n) is 3.69. The first-order valence-electron chi connectivity index (χ1n) is 9.18. The molecular formula is C19H22N4O6S. The Labute approximate surface area is 173 Å². The molecule has 30 heavy (non-hydrogen) atoms. The molecule has 0 radical (unpaired) electrons. The number of primary amides is 1. The van der Waals surface area contributed by atoms with Gasteiger partial charge in [0.25, 0.3) is 10.0 Å². The van der Waals surface area contributed by atoms with Crippen molar-refractivity contribution in [1.29, 1.82) is 0 Å². The van der Waals surface area contributed by atoms with Crippen molar-refractivity contribution >= 4 is 21.7 Å². The number of nitrogens with two attached hydrogens (primary N) is 1. The molecule has 10 nitrogen and oxygen atoms in total. The van der Waals surface area contributed by atoms with Gasteiger partial charge >= 0.3 is 6.03 Å². The van der Waals surface area contributed by atoms with E-state index in [9.17, 15) is 13.2 Å². The van der Waals surface area contributed by atoms with Crippen molar-refractivity contribution in [2.75, 3.05) is 32.8 Å². The maximum atomic E-state index is 12.1. The van der Waals surface area contributed by atoms with Crippen molar-refractivity contribution in [1.82, 2.24) is 9.62 Å². The highest BCUT2D eigenvalue weighted by molar-refractivity contribution is 7.90. The van der Waals surface area contributed by atoms with E-state index in [4.69, 9.17) is 19.9 Å². The van der Waals surface area contributed by atoms with Crippen LogP contribution in [0.4, 0.5) is 10.5 Å². The number of anilines is 1. The summed E-state index contributed by atoms with van der Waals surface area (Å²) in [4.78, 5) is 13.0. The summed E-state index contributed by atoms with van der Waals surface area (Å²) in [6, 6.07) is 6.88. The minimum Gasteiger partial charge on any atom is -0.492 e. The second-order valence-electron chi connectivity index (χ2n) is 6.99. The first-order chi connectivity index (χ1) is 14.3. The van der Waals surface area contributed by atoms with Gasteiger partial charge in [0.2, 0.25) is 12.5 Å². The third kappa shape index (κ3) is 3.57. The minimum absolute atomic E-state index is 0.0646. The Bertz CT molecular complexity index is 1090. The molecule has 2 aliphatic heterocycles. The Balaban J connectivity index is 1.66. The summed E-state index contributed by atoms with van der Waals surface area (Å²) in [5.74, 6) is 1.87. The number of urea groups is 1. The Morgan fingerprint density at radius 1 is 1.27 bits per heavy atom. The topological polar surface area (TPSA) is 132 Å². The minimum atomic E-state index is -4.00. The highest BCUT2D eigenvalue weighted by Crippen LogP contribution is 2.49. The number of carbonyl (C=O) groups is 1. The molecule has 4 rings (SSSR count). The van der Waals surface area contributed by atoms with Crippen LogP contribution in [0.5, 0.6) is 17.2 Å². The van der Waals surface area contributed by atoms with Crippen molar-refractivity contribution in [2.24, 2.45) is 5.73 Å². The molecule has 0 aliphatic carbocycles. The molecule has 160 valence electrons. The van der Waals surface area contributed by atoms with Crippen molar-refractivity contribution in [3.8, 4) is 17.2 Å². The van der Waals surface area contributed by atoms with Crippen LogP contribution >= 0.6 is 0 Å².